The predicted molar refractivity (Wildman–Crippen MR) is 108 cm³/mol. The van der Waals surface area contributed by atoms with E-state index in [0.717, 1.165) is 17.3 Å². The Hall–Kier alpha value is -2.51. The summed E-state index contributed by atoms with van der Waals surface area (Å²) >= 11 is 7.32. The number of nitrogens with two attached hydrogens (primary N) is 1. The lowest BCUT2D eigenvalue weighted by Gasteiger charge is -2.18. The maximum atomic E-state index is 13.3. The van der Waals surface area contributed by atoms with Gasteiger partial charge in [0, 0.05) is 11.1 Å². The zero-order valence-corrected chi connectivity index (χ0v) is 16.6. The van der Waals surface area contributed by atoms with E-state index in [0.29, 0.717) is 32.5 Å². The molecule has 3 aromatic rings. The molecule has 0 aliphatic heterocycles. The first kappa shape index (κ1) is 19.3. The van der Waals surface area contributed by atoms with Crippen LogP contribution >= 0.6 is 23.4 Å². The summed E-state index contributed by atoms with van der Waals surface area (Å²) in [6.07, 6.45) is 0. The minimum atomic E-state index is -0.566. The second-order valence-corrected chi connectivity index (χ2v) is 7.70. The fourth-order valence-electron chi connectivity index (χ4n) is 2.61. The van der Waals surface area contributed by atoms with Gasteiger partial charge in [-0.25, -0.2) is 4.98 Å². The summed E-state index contributed by atoms with van der Waals surface area (Å²) in [5.74, 6) is -0.0634. The molecule has 6 nitrogen and oxygen atoms in total. The molecule has 8 heteroatoms. The van der Waals surface area contributed by atoms with Crippen LogP contribution in [0.2, 0.25) is 5.02 Å². The van der Waals surface area contributed by atoms with Crippen molar-refractivity contribution in [3.8, 4) is 11.4 Å². The van der Waals surface area contributed by atoms with E-state index in [9.17, 15) is 9.59 Å². The Labute approximate surface area is 165 Å². The van der Waals surface area contributed by atoms with Crippen LogP contribution in [0.25, 0.3) is 16.6 Å². The number of nitrogens with zero attached hydrogens (tertiary/aromatic N) is 2. The van der Waals surface area contributed by atoms with Crippen molar-refractivity contribution in [3.05, 3.63) is 57.3 Å². The van der Waals surface area contributed by atoms with Crippen LogP contribution in [0.15, 0.2) is 46.3 Å². The molecule has 140 valence electrons. The van der Waals surface area contributed by atoms with Gasteiger partial charge in [-0.15, -0.1) is 0 Å². The van der Waals surface area contributed by atoms with Crippen molar-refractivity contribution in [2.45, 2.75) is 24.3 Å². The number of carbonyl (C=O) groups is 1. The van der Waals surface area contributed by atoms with Gasteiger partial charge in [-0.2, -0.15) is 0 Å². The molecule has 1 aromatic heterocycles. The minimum absolute atomic E-state index is 0.264. The second-order valence-electron chi connectivity index (χ2n) is 5.99. The molecule has 2 N–H and O–H groups in total. The van der Waals surface area contributed by atoms with Crippen LogP contribution in [0, 0.1) is 6.92 Å². The third kappa shape index (κ3) is 3.65. The summed E-state index contributed by atoms with van der Waals surface area (Å²) in [5.41, 5.74) is 6.97. The molecule has 1 unspecified atom stereocenters. The molecule has 0 spiro atoms. The molecular weight excluding hydrogens is 386 g/mol. The van der Waals surface area contributed by atoms with Crippen molar-refractivity contribution in [2.75, 3.05) is 7.11 Å². The Bertz CT molecular complexity index is 1100. The Balaban J connectivity index is 2.37. The monoisotopic (exact) mass is 403 g/mol. The molecule has 27 heavy (non-hydrogen) atoms. The maximum Gasteiger partial charge on any atom is 0.266 e. The second kappa shape index (κ2) is 7.62. The number of hydrogen-bond donors (Lipinski definition) is 1. The van der Waals surface area contributed by atoms with Gasteiger partial charge in [0.2, 0.25) is 5.91 Å². The molecular formula is C19H18ClN3O3S. The number of amides is 1. The van der Waals surface area contributed by atoms with E-state index in [1.807, 2.05) is 6.92 Å². The van der Waals surface area contributed by atoms with Gasteiger partial charge in [0.25, 0.3) is 5.56 Å². The number of benzene rings is 2. The molecule has 1 amide bonds. The van der Waals surface area contributed by atoms with E-state index < -0.39 is 11.2 Å². The number of halogens is 1. The summed E-state index contributed by atoms with van der Waals surface area (Å²) in [7, 11) is 1.50. The third-order valence-electron chi connectivity index (χ3n) is 4.13. The fourth-order valence-corrected chi connectivity index (χ4v) is 3.63. The number of fused-ring (bicyclic) bond motifs is 1. The van der Waals surface area contributed by atoms with E-state index in [1.165, 1.54) is 11.7 Å². The van der Waals surface area contributed by atoms with Gasteiger partial charge >= 0.3 is 0 Å². The number of hydrogen-bond acceptors (Lipinski definition) is 5. The zero-order valence-electron chi connectivity index (χ0n) is 15.0. The van der Waals surface area contributed by atoms with Gasteiger partial charge in [0.1, 0.15) is 5.75 Å². The molecule has 0 aliphatic rings. The van der Waals surface area contributed by atoms with Gasteiger partial charge in [-0.1, -0.05) is 35.5 Å². The number of ether oxygens (including phenoxy) is 1. The first-order valence-corrected chi connectivity index (χ1v) is 9.41. The smallest absolute Gasteiger partial charge is 0.266 e. The standard InChI is InChI=1S/C19H18ClN3O3S/c1-10-8-15(16(26-3)9-13(10)20)23-18(25)12-6-4-5-7-14(12)22-19(23)27-11(2)17(21)24/h4-9,11H,1-3H3,(H2,21,24). The number of methoxy groups -OCH3 is 1. The lowest BCUT2D eigenvalue weighted by atomic mass is 10.2. The van der Waals surface area contributed by atoms with Gasteiger partial charge < -0.3 is 10.5 Å². The number of primary amides is 1. The van der Waals surface area contributed by atoms with Crippen LogP contribution in [0.4, 0.5) is 0 Å². The number of aromatic nitrogens is 2. The average molecular weight is 404 g/mol. The Morgan fingerprint density at radius 2 is 2.04 bits per heavy atom. The topological polar surface area (TPSA) is 87.2 Å². The molecule has 3 rings (SSSR count). The number of thioether (sulfide) groups is 1. The first-order chi connectivity index (χ1) is 12.8. The van der Waals surface area contributed by atoms with Gasteiger partial charge in [-0.05, 0) is 37.6 Å². The SMILES string of the molecule is COc1cc(Cl)c(C)cc1-n1c(SC(C)C(N)=O)nc2ccccc2c1=O. The largest absolute Gasteiger partial charge is 0.495 e. The fraction of sp³-hybridized carbons (Fsp3) is 0.211. The molecule has 0 saturated carbocycles. The van der Waals surface area contributed by atoms with Crippen molar-refractivity contribution in [3.63, 3.8) is 0 Å². The highest BCUT2D eigenvalue weighted by atomic mass is 35.5. The number of para-hydroxylation sites is 1. The molecule has 1 heterocycles. The highest BCUT2D eigenvalue weighted by molar-refractivity contribution is 8.00. The summed E-state index contributed by atoms with van der Waals surface area (Å²) in [6, 6.07) is 10.5. The molecule has 0 saturated heterocycles. The zero-order chi connectivity index (χ0) is 19.7. The van der Waals surface area contributed by atoms with Crippen LogP contribution in [-0.2, 0) is 4.79 Å². The molecule has 0 aliphatic carbocycles. The average Bonchev–Trinajstić information content (AvgIpc) is 2.64. The number of carbonyl (C=O) groups excluding carboxylic acids is 1. The normalized spacial score (nSPS) is 12.1. The Morgan fingerprint density at radius 3 is 2.70 bits per heavy atom. The van der Waals surface area contributed by atoms with E-state index in [4.69, 9.17) is 22.1 Å². The molecule has 2 aromatic carbocycles. The minimum Gasteiger partial charge on any atom is -0.495 e. The van der Waals surface area contributed by atoms with Crippen LogP contribution in [0.3, 0.4) is 0 Å². The highest BCUT2D eigenvalue weighted by Crippen LogP contribution is 2.32. The summed E-state index contributed by atoms with van der Waals surface area (Å²) in [6.45, 7) is 3.51. The summed E-state index contributed by atoms with van der Waals surface area (Å²) in [4.78, 5) is 29.4. The van der Waals surface area contributed by atoms with Crippen molar-refractivity contribution in [1.82, 2.24) is 9.55 Å². The van der Waals surface area contributed by atoms with Crippen LogP contribution in [0.1, 0.15) is 12.5 Å². The molecule has 1 atom stereocenters. The van der Waals surface area contributed by atoms with Gasteiger partial charge in [-0.3, -0.25) is 14.2 Å². The quantitative estimate of drug-likeness (QED) is 0.521. The summed E-state index contributed by atoms with van der Waals surface area (Å²) in [5, 5.41) is 0.772. The van der Waals surface area contributed by atoms with E-state index in [-0.39, 0.29) is 5.56 Å². The maximum absolute atomic E-state index is 13.3. The van der Waals surface area contributed by atoms with Crippen molar-refractivity contribution in [2.24, 2.45) is 5.73 Å². The highest BCUT2D eigenvalue weighted by Gasteiger charge is 2.21. The van der Waals surface area contributed by atoms with E-state index in [1.54, 1.807) is 43.3 Å². The lowest BCUT2D eigenvalue weighted by molar-refractivity contribution is -0.117. The van der Waals surface area contributed by atoms with Crippen LogP contribution in [-0.4, -0.2) is 27.8 Å². The van der Waals surface area contributed by atoms with Crippen LogP contribution < -0.4 is 16.0 Å². The Kier molecular flexibility index (Phi) is 5.43. The van der Waals surface area contributed by atoms with E-state index in [2.05, 4.69) is 4.98 Å². The van der Waals surface area contributed by atoms with Gasteiger partial charge in [0.05, 0.1) is 29.0 Å². The molecule has 0 fully saturated rings. The predicted octanol–water partition coefficient (Wildman–Crippen LogP) is 3.32. The molecule has 0 bridgehead atoms. The Morgan fingerprint density at radius 1 is 1.33 bits per heavy atom. The number of rotatable bonds is 5. The van der Waals surface area contributed by atoms with Crippen molar-refractivity contribution in [1.29, 1.82) is 0 Å². The summed E-state index contributed by atoms with van der Waals surface area (Å²) < 4.78 is 6.88. The van der Waals surface area contributed by atoms with Crippen molar-refractivity contribution >= 4 is 40.2 Å². The van der Waals surface area contributed by atoms with Crippen LogP contribution in [0.5, 0.6) is 5.75 Å². The number of aryl methyl sites for hydroxylation is 1. The van der Waals surface area contributed by atoms with Gasteiger partial charge in [0.15, 0.2) is 5.16 Å². The van der Waals surface area contributed by atoms with E-state index >= 15 is 0 Å². The third-order valence-corrected chi connectivity index (χ3v) is 5.61. The molecule has 0 radical (unpaired) electrons. The van der Waals surface area contributed by atoms with Crippen molar-refractivity contribution < 1.29 is 9.53 Å². The first-order valence-electron chi connectivity index (χ1n) is 8.15. The lowest BCUT2D eigenvalue weighted by Crippen LogP contribution is -2.26.